The maximum absolute atomic E-state index is 13.8. The first kappa shape index (κ1) is 32.6. The van der Waals surface area contributed by atoms with Crippen LogP contribution >= 0.6 is 0 Å². The van der Waals surface area contributed by atoms with Crippen molar-refractivity contribution in [1.29, 1.82) is 5.26 Å². The number of rotatable bonds is 12. The zero-order valence-electron chi connectivity index (χ0n) is 25.7. The number of piperidine rings is 1. The van der Waals surface area contributed by atoms with Crippen molar-refractivity contribution in [3.8, 4) is 17.3 Å². The molecule has 2 unspecified atom stereocenters. The molecular formula is C36H35FN6O4. The van der Waals surface area contributed by atoms with Crippen LogP contribution in [0.4, 0.5) is 15.0 Å². The van der Waals surface area contributed by atoms with Gasteiger partial charge in [0.05, 0.1) is 29.8 Å². The van der Waals surface area contributed by atoms with Crippen LogP contribution in [0.25, 0.3) is 11.3 Å². The van der Waals surface area contributed by atoms with Gasteiger partial charge in [0.15, 0.2) is 0 Å². The van der Waals surface area contributed by atoms with Crippen molar-refractivity contribution in [3.05, 3.63) is 119 Å². The summed E-state index contributed by atoms with van der Waals surface area (Å²) < 4.78 is 19.2. The van der Waals surface area contributed by atoms with Gasteiger partial charge in [-0.05, 0) is 54.7 Å². The van der Waals surface area contributed by atoms with Crippen LogP contribution < -0.4 is 16.4 Å². The fraction of sp³-hybridized carbons (Fsp3) is 0.250. The molecule has 2 heterocycles. The SMILES string of the molecule is N#Cc1ccccc1-c1ccc(C(CC(N)=O)N2CCCC(NC(=O)OCc3ccccc3)C2=O)c(NCCc2cccc(F)c2)n1. The Labute approximate surface area is 272 Å². The van der Waals surface area contributed by atoms with Crippen LogP contribution in [0.15, 0.2) is 91.0 Å². The molecule has 0 saturated carbocycles. The molecule has 1 saturated heterocycles. The van der Waals surface area contributed by atoms with E-state index in [1.165, 1.54) is 12.1 Å². The van der Waals surface area contributed by atoms with Gasteiger partial charge < -0.3 is 26.0 Å². The van der Waals surface area contributed by atoms with E-state index in [-0.39, 0.29) is 24.8 Å². The molecule has 0 spiro atoms. The highest BCUT2D eigenvalue weighted by atomic mass is 19.1. The van der Waals surface area contributed by atoms with Crippen molar-refractivity contribution in [3.63, 3.8) is 0 Å². The summed E-state index contributed by atoms with van der Waals surface area (Å²) in [6, 6.07) is 26.6. The Morgan fingerprint density at radius 1 is 1.04 bits per heavy atom. The highest BCUT2D eigenvalue weighted by molar-refractivity contribution is 5.87. The first-order chi connectivity index (χ1) is 22.8. The first-order valence-corrected chi connectivity index (χ1v) is 15.4. The largest absolute Gasteiger partial charge is 0.445 e. The van der Waals surface area contributed by atoms with Crippen molar-refractivity contribution in [2.24, 2.45) is 5.73 Å². The molecule has 3 amide bonds. The van der Waals surface area contributed by atoms with E-state index >= 15 is 0 Å². The second-order valence-electron chi connectivity index (χ2n) is 11.2. The number of pyridine rings is 1. The zero-order chi connectivity index (χ0) is 33.2. The highest BCUT2D eigenvalue weighted by Crippen LogP contribution is 2.34. The van der Waals surface area contributed by atoms with Crippen LogP contribution in [0.3, 0.4) is 0 Å². The number of alkyl carbamates (subject to hydrolysis) is 1. The van der Waals surface area contributed by atoms with Gasteiger partial charge >= 0.3 is 6.09 Å². The number of carbonyl (C=O) groups is 3. The standard InChI is InChI=1S/C36H35FN6O4/c37-27-12-6-10-24(20-27)17-18-40-34-29(15-16-30(41-34)28-13-5-4-11-26(28)22-38)32(21-33(39)44)43-19-7-14-31(35(43)45)42-36(46)47-23-25-8-2-1-3-9-25/h1-6,8-13,15-16,20,31-32H,7,14,17-19,21,23H2,(H2,39,44)(H,40,41)(H,42,46). The van der Waals surface area contributed by atoms with Crippen molar-refractivity contribution in [1.82, 2.24) is 15.2 Å². The average Bonchev–Trinajstić information content (AvgIpc) is 3.08. The fourth-order valence-corrected chi connectivity index (χ4v) is 5.68. The minimum atomic E-state index is -0.860. The molecule has 0 aliphatic carbocycles. The lowest BCUT2D eigenvalue weighted by atomic mass is 9.95. The first-order valence-electron chi connectivity index (χ1n) is 15.4. The molecule has 11 heteroatoms. The lowest BCUT2D eigenvalue weighted by molar-refractivity contribution is -0.139. The van der Waals surface area contributed by atoms with Crippen LogP contribution in [-0.2, 0) is 27.4 Å². The fourth-order valence-electron chi connectivity index (χ4n) is 5.68. The summed E-state index contributed by atoms with van der Waals surface area (Å²) in [5.41, 5.74) is 9.42. The Bertz CT molecular complexity index is 1780. The minimum absolute atomic E-state index is 0.0548. The van der Waals surface area contributed by atoms with Crippen LogP contribution in [0.5, 0.6) is 0 Å². The van der Waals surface area contributed by atoms with Crippen molar-refractivity contribution < 1.29 is 23.5 Å². The van der Waals surface area contributed by atoms with Crippen LogP contribution in [0, 0.1) is 17.1 Å². The molecule has 10 nitrogen and oxygen atoms in total. The van der Waals surface area contributed by atoms with E-state index in [1.807, 2.05) is 42.5 Å². The predicted octanol–water partition coefficient (Wildman–Crippen LogP) is 5.25. The molecule has 1 fully saturated rings. The lowest BCUT2D eigenvalue weighted by Crippen LogP contribution is -2.53. The maximum atomic E-state index is 13.8. The number of likely N-dealkylation sites (tertiary alicyclic amines) is 1. The van der Waals surface area contributed by atoms with E-state index < -0.39 is 24.1 Å². The molecule has 1 aliphatic rings. The van der Waals surface area contributed by atoms with Gasteiger partial charge in [-0.1, -0.05) is 66.7 Å². The third-order valence-corrected chi connectivity index (χ3v) is 7.95. The molecule has 3 aromatic carbocycles. The Balaban J connectivity index is 1.42. The Morgan fingerprint density at radius 3 is 2.57 bits per heavy atom. The Hall–Kier alpha value is -5.76. The number of hydrogen-bond acceptors (Lipinski definition) is 7. The van der Waals surface area contributed by atoms with Gasteiger partial charge in [-0.15, -0.1) is 0 Å². The molecule has 4 aromatic rings. The van der Waals surface area contributed by atoms with E-state index in [0.717, 1.165) is 11.1 Å². The molecule has 0 bridgehead atoms. The van der Waals surface area contributed by atoms with Crippen LogP contribution in [0.1, 0.15) is 47.6 Å². The van der Waals surface area contributed by atoms with Crippen LogP contribution in [-0.4, -0.2) is 46.9 Å². The van der Waals surface area contributed by atoms with Gasteiger partial charge in [-0.25, -0.2) is 14.2 Å². The summed E-state index contributed by atoms with van der Waals surface area (Å²) in [5, 5.41) is 15.7. The summed E-state index contributed by atoms with van der Waals surface area (Å²) >= 11 is 0. The van der Waals surface area contributed by atoms with Crippen molar-refractivity contribution in [2.45, 2.75) is 44.4 Å². The van der Waals surface area contributed by atoms with E-state index in [2.05, 4.69) is 16.7 Å². The third kappa shape index (κ3) is 8.49. The number of carbonyl (C=O) groups excluding carboxylic acids is 3. The topological polar surface area (TPSA) is 150 Å². The van der Waals surface area contributed by atoms with Gasteiger partial charge in [-0.3, -0.25) is 9.59 Å². The molecule has 1 aliphatic heterocycles. The summed E-state index contributed by atoms with van der Waals surface area (Å²) in [6.45, 7) is 0.746. The number of nitrogens with two attached hydrogens (primary N) is 1. The minimum Gasteiger partial charge on any atom is -0.445 e. The van der Waals surface area contributed by atoms with E-state index in [1.54, 1.807) is 41.3 Å². The Morgan fingerprint density at radius 2 is 1.81 bits per heavy atom. The second-order valence-corrected chi connectivity index (χ2v) is 11.2. The molecule has 5 rings (SSSR count). The molecule has 2 atom stereocenters. The van der Waals surface area contributed by atoms with E-state index in [9.17, 15) is 24.0 Å². The van der Waals surface area contributed by atoms with Gasteiger partial charge in [0.25, 0.3) is 0 Å². The summed E-state index contributed by atoms with van der Waals surface area (Å²) in [6.07, 6.45) is 0.527. The normalized spacial score (nSPS) is 14.9. The number of aromatic nitrogens is 1. The summed E-state index contributed by atoms with van der Waals surface area (Å²) in [7, 11) is 0. The van der Waals surface area contributed by atoms with Gasteiger partial charge in [0, 0.05) is 24.2 Å². The average molecular weight is 635 g/mol. The van der Waals surface area contributed by atoms with E-state index in [0.29, 0.717) is 60.6 Å². The molecule has 1 aromatic heterocycles. The molecule has 47 heavy (non-hydrogen) atoms. The quantitative estimate of drug-likeness (QED) is 0.193. The summed E-state index contributed by atoms with van der Waals surface area (Å²) in [5.74, 6) is -0.940. The summed E-state index contributed by atoms with van der Waals surface area (Å²) in [4.78, 5) is 45.3. The van der Waals surface area contributed by atoms with Crippen molar-refractivity contribution in [2.75, 3.05) is 18.4 Å². The number of hydrogen-bond donors (Lipinski definition) is 3. The predicted molar refractivity (Wildman–Crippen MR) is 174 cm³/mol. The second kappa shape index (κ2) is 15.5. The smallest absolute Gasteiger partial charge is 0.408 e. The molecular weight excluding hydrogens is 599 g/mol. The number of nitrogens with zero attached hydrogens (tertiary/aromatic N) is 3. The zero-order valence-corrected chi connectivity index (χ0v) is 25.7. The van der Waals surface area contributed by atoms with Gasteiger partial charge in [0.1, 0.15) is 24.3 Å². The number of primary amides is 1. The number of nitriles is 1. The van der Waals surface area contributed by atoms with Crippen LogP contribution in [0.2, 0.25) is 0 Å². The van der Waals surface area contributed by atoms with Gasteiger partial charge in [-0.2, -0.15) is 5.26 Å². The molecule has 0 radical (unpaired) electrons. The molecule has 4 N–H and O–H groups in total. The number of anilines is 1. The highest BCUT2D eigenvalue weighted by Gasteiger charge is 2.37. The lowest BCUT2D eigenvalue weighted by Gasteiger charge is -2.38. The van der Waals surface area contributed by atoms with Crippen molar-refractivity contribution >= 4 is 23.7 Å². The number of nitrogens with one attached hydrogen (secondary N) is 2. The number of halogens is 1. The number of benzene rings is 3. The Kier molecular flexibility index (Phi) is 10.8. The number of ether oxygens (including phenoxy) is 1. The van der Waals surface area contributed by atoms with E-state index in [4.69, 9.17) is 15.5 Å². The monoisotopic (exact) mass is 634 g/mol. The number of amides is 3. The third-order valence-electron chi connectivity index (χ3n) is 7.95. The molecule has 240 valence electrons. The van der Waals surface area contributed by atoms with Gasteiger partial charge in [0.2, 0.25) is 11.8 Å². The maximum Gasteiger partial charge on any atom is 0.408 e.